The molecule has 2 nitrogen and oxygen atoms in total. The minimum atomic E-state index is 0.408. The maximum Gasteiger partial charge on any atom is 0.110 e. The lowest BCUT2D eigenvalue weighted by atomic mass is 10.0. The molecule has 2 aromatic rings. The van der Waals surface area contributed by atoms with Gasteiger partial charge in [-0.15, -0.1) is 11.3 Å². The van der Waals surface area contributed by atoms with Crippen molar-refractivity contribution in [3.8, 4) is 0 Å². The van der Waals surface area contributed by atoms with Gasteiger partial charge in [0.2, 0.25) is 0 Å². The first-order valence-electron chi connectivity index (χ1n) is 8.12. The van der Waals surface area contributed by atoms with E-state index in [9.17, 15) is 0 Å². The minimum Gasteiger partial charge on any atom is -0.308 e. The Labute approximate surface area is 131 Å². The lowest BCUT2D eigenvalue weighted by Gasteiger charge is -2.15. The Hall–Kier alpha value is -1.19. The Morgan fingerprint density at radius 2 is 2.00 bits per heavy atom. The summed E-state index contributed by atoms with van der Waals surface area (Å²) in [5.74, 6) is 0. The van der Waals surface area contributed by atoms with E-state index in [0.29, 0.717) is 6.04 Å². The van der Waals surface area contributed by atoms with Gasteiger partial charge in [-0.2, -0.15) is 0 Å². The number of hydrogen-bond acceptors (Lipinski definition) is 3. The first-order valence-corrected chi connectivity index (χ1v) is 8.94. The van der Waals surface area contributed by atoms with Crippen LogP contribution in [0.2, 0.25) is 0 Å². The van der Waals surface area contributed by atoms with Crippen molar-refractivity contribution in [2.75, 3.05) is 6.54 Å². The summed E-state index contributed by atoms with van der Waals surface area (Å²) in [6.07, 6.45) is 7.32. The third-order valence-electron chi connectivity index (χ3n) is 4.18. The van der Waals surface area contributed by atoms with Crippen LogP contribution in [0.15, 0.2) is 30.3 Å². The number of aryl methyl sites for hydroxylation is 3. The second kappa shape index (κ2) is 7.19. The quantitative estimate of drug-likeness (QED) is 0.860. The van der Waals surface area contributed by atoms with Gasteiger partial charge in [-0.1, -0.05) is 37.3 Å². The van der Waals surface area contributed by atoms with Crippen molar-refractivity contribution < 1.29 is 0 Å². The fraction of sp³-hybridized carbons (Fsp3) is 0.500. The second-order valence-electron chi connectivity index (χ2n) is 5.76. The number of hydrogen-bond donors (Lipinski definition) is 1. The zero-order valence-electron chi connectivity index (χ0n) is 12.8. The summed E-state index contributed by atoms with van der Waals surface area (Å²) in [5, 5.41) is 4.93. The maximum atomic E-state index is 4.94. The van der Waals surface area contributed by atoms with E-state index in [4.69, 9.17) is 4.98 Å². The van der Waals surface area contributed by atoms with Crippen LogP contribution in [0.4, 0.5) is 0 Å². The highest BCUT2D eigenvalue weighted by Gasteiger charge is 2.20. The molecule has 0 spiro atoms. The molecule has 1 aromatic heterocycles. The van der Waals surface area contributed by atoms with Crippen LogP contribution in [-0.2, 0) is 19.3 Å². The number of fused-ring (bicyclic) bond motifs is 1. The van der Waals surface area contributed by atoms with Gasteiger partial charge in [-0.25, -0.2) is 4.98 Å². The molecule has 1 N–H and O–H groups in total. The van der Waals surface area contributed by atoms with Crippen LogP contribution in [0.3, 0.4) is 0 Å². The summed E-state index contributed by atoms with van der Waals surface area (Å²) in [7, 11) is 0. The summed E-state index contributed by atoms with van der Waals surface area (Å²) in [6.45, 7) is 3.19. The first-order chi connectivity index (χ1) is 10.4. The lowest BCUT2D eigenvalue weighted by molar-refractivity contribution is 0.511. The topological polar surface area (TPSA) is 24.9 Å². The summed E-state index contributed by atoms with van der Waals surface area (Å²) in [4.78, 5) is 6.48. The molecule has 1 aliphatic rings. The zero-order valence-corrected chi connectivity index (χ0v) is 13.6. The number of aromatic nitrogens is 1. The second-order valence-corrected chi connectivity index (χ2v) is 6.88. The summed E-state index contributed by atoms with van der Waals surface area (Å²) < 4.78 is 0. The molecule has 1 heterocycles. The first kappa shape index (κ1) is 14.7. The Bertz CT molecular complexity index is 538. The molecule has 1 unspecified atom stereocenters. The minimum absolute atomic E-state index is 0.408. The third kappa shape index (κ3) is 3.72. The Morgan fingerprint density at radius 1 is 1.19 bits per heavy atom. The summed E-state index contributed by atoms with van der Waals surface area (Å²) in [5.41, 5.74) is 2.80. The molecule has 1 atom stereocenters. The molecule has 3 heteroatoms. The van der Waals surface area contributed by atoms with Crippen LogP contribution in [-0.4, -0.2) is 11.5 Å². The SMILES string of the molecule is CCNC(CCc1ccccc1)c1nc2c(s1)CCCC2. The predicted molar refractivity (Wildman–Crippen MR) is 89.9 cm³/mol. The molecule has 1 aromatic carbocycles. The maximum absolute atomic E-state index is 4.94. The summed E-state index contributed by atoms with van der Waals surface area (Å²) in [6, 6.07) is 11.2. The van der Waals surface area contributed by atoms with Crippen molar-refractivity contribution in [1.82, 2.24) is 10.3 Å². The lowest BCUT2D eigenvalue weighted by Crippen LogP contribution is -2.21. The van der Waals surface area contributed by atoms with E-state index in [1.54, 1.807) is 4.88 Å². The van der Waals surface area contributed by atoms with Gasteiger partial charge in [0.25, 0.3) is 0 Å². The zero-order chi connectivity index (χ0) is 14.5. The average Bonchev–Trinajstić information content (AvgIpc) is 2.96. The Kier molecular flexibility index (Phi) is 5.04. The van der Waals surface area contributed by atoms with Crippen molar-refractivity contribution >= 4 is 11.3 Å². The van der Waals surface area contributed by atoms with Crippen LogP contribution in [0.1, 0.15) is 53.4 Å². The van der Waals surface area contributed by atoms with Gasteiger partial charge in [0, 0.05) is 4.88 Å². The predicted octanol–water partition coefficient (Wildman–Crippen LogP) is 4.31. The third-order valence-corrected chi connectivity index (χ3v) is 5.45. The molecule has 0 saturated carbocycles. The van der Waals surface area contributed by atoms with E-state index in [1.807, 2.05) is 11.3 Å². The van der Waals surface area contributed by atoms with Crippen LogP contribution >= 0.6 is 11.3 Å². The van der Waals surface area contributed by atoms with E-state index < -0.39 is 0 Å². The van der Waals surface area contributed by atoms with Gasteiger partial charge < -0.3 is 5.32 Å². The highest BCUT2D eigenvalue weighted by Crippen LogP contribution is 2.31. The van der Waals surface area contributed by atoms with Gasteiger partial charge in [0.05, 0.1) is 11.7 Å². The Morgan fingerprint density at radius 3 is 2.76 bits per heavy atom. The van der Waals surface area contributed by atoms with E-state index in [-0.39, 0.29) is 0 Å². The largest absolute Gasteiger partial charge is 0.308 e. The van der Waals surface area contributed by atoms with Crippen LogP contribution < -0.4 is 5.32 Å². The molecule has 3 rings (SSSR count). The van der Waals surface area contributed by atoms with Gasteiger partial charge in [0.15, 0.2) is 0 Å². The molecular weight excluding hydrogens is 276 g/mol. The average molecular weight is 300 g/mol. The molecular formula is C18H24N2S. The smallest absolute Gasteiger partial charge is 0.110 e. The van der Waals surface area contributed by atoms with Gasteiger partial charge in [-0.3, -0.25) is 0 Å². The molecule has 112 valence electrons. The number of nitrogens with one attached hydrogen (secondary N) is 1. The number of thiazole rings is 1. The van der Waals surface area contributed by atoms with E-state index in [1.165, 1.54) is 41.9 Å². The number of nitrogens with zero attached hydrogens (tertiary/aromatic N) is 1. The van der Waals surface area contributed by atoms with Gasteiger partial charge >= 0.3 is 0 Å². The monoisotopic (exact) mass is 300 g/mol. The molecule has 0 bridgehead atoms. The fourth-order valence-electron chi connectivity index (χ4n) is 3.04. The molecule has 0 saturated heterocycles. The van der Waals surface area contributed by atoms with E-state index in [0.717, 1.165) is 19.4 Å². The van der Waals surface area contributed by atoms with Crippen LogP contribution in [0, 0.1) is 0 Å². The van der Waals surface area contributed by atoms with Crippen molar-refractivity contribution in [2.24, 2.45) is 0 Å². The molecule has 1 aliphatic carbocycles. The highest BCUT2D eigenvalue weighted by molar-refractivity contribution is 7.11. The molecule has 0 amide bonds. The van der Waals surface area contributed by atoms with Gasteiger partial charge in [0.1, 0.15) is 5.01 Å². The fourth-order valence-corrected chi connectivity index (χ4v) is 4.30. The normalized spacial score (nSPS) is 15.7. The van der Waals surface area contributed by atoms with Crippen molar-refractivity contribution in [2.45, 2.75) is 51.5 Å². The van der Waals surface area contributed by atoms with Crippen molar-refractivity contribution in [3.05, 3.63) is 51.5 Å². The van der Waals surface area contributed by atoms with Crippen molar-refractivity contribution in [1.29, 1.82) is 0 Å². The number of rotatable bonds is 6. The number of benzene rings is 1. The molecule has 21 heavy (non-hydrogen) atoms. The Balaban J connectivity index is 1.70. The highest BCUT2D eigenvalue weighted by atomic mass is 32.1. The molecule has 0 aliphatic heterocycles. The van der Waals surface area contributed by atoms with Crippen molar-refractivity contribution in [3.63, 3.8) is 0 Å². The molecule has 0 radical (unpaired) electrons. The summed E-state index contributed by atoms with van der Waals surface area (Å²) >= 11 is 1.94. The van der Waals surface area contributed by atoms with E-state index in [2.05, 4.69) is 42.6 Å². The van der Waals surface area contributed by atoms with E-state index >= 15 is 0 Å². The van der Waals surface area contributed by atoms with Crippen LogP contribution in [0.25, 0.3) is 0 Å². The standard InChI is InChI=1S/C18H24N2S/c1-2-19-16(13-12-14-8-4-3-5-9-14)18-20-15-10-6-7-11-17(15)21-18/h3-5,8-9,16,19H,2,6-7,10-13H2,1H3. The molecule has 0 fully saturated rings. The van der Waals surface area contributed by atoms with Crippen LogP contribution in [0.5, 0.6) is 0 Å². The van der Waals surface area contributed by atoms with Gasteiger partial charge in [-0.05, 0) is 50.6 Å².